The summed E-state index contributed by atoms with van der Waals surface area (Å²) >= 11 is 0. The Balaban J connectivity index is 1.92. The van der Waals surface area contributed by atoms with Crippen molar-refractivity contribution in [2.45, 2.75) is 32.1 Å². The Morgan fingerprint density at radius 1 is 1.33 bits per heavy atom. The lowest BCUT2D eigenvalue weighted by molar-refractivity contribution is -0.119. The molecule has 0 bridgehead atoms. The van der Waals surface area contributed by atoms with E-state index in [0.29, 0.717) is 18.1 Å². The molecule has 0 N–H and O–H groups in total. The van der Waals surface area contributed by atoms with Crippen molar-refractivity contribution >= 4 is 5.78 Å². The smallest absolute Gasteiger partial charge is 0.148 e. The maximum Gasteiger partial charge on any atom is 0.148 e. The molecule has 2 saturated carbocycles. The van der Waals surface area contributed by atoms with Crippen LogP contribution >= 0.6 is 0 Å². The van der Waals surface area contributed by atoms with E-state index in [1.807, 2.05) is 0 Å². The van der Waals surface area contributed by atoms with Crippen LogP contribution in [0.25, 0.3) is 0 Å². The monoisotopic (exact) mass is 162 g/mol. The molecule has 1 nitrogen and oxygen atoms in total. The number of hydrogen-bond donors (Lipinski definition) is 0. The molecule has 0 heterocycles. The number of hydrogen-bond acceptors (Lipinski definition) is 1. The van der Waals surface area contributed by atoms with E-state index in [0.717, 1.165) is 11.8 Å². The van der Waals surface area contributed by atoms with Gasteiger partial charge >= 0.3 is 0 Å². The molecular formula is C11H14O. The normalized spacial score (nSPS) is 38.1. The molecule has 0 aliphatic heterocycles. The second kappa shape index (κ2) is 2.94. The van der Waals surface area contributed by atoms with Crippen LogP contribution in [0.1, 0.15) is 32.1 Å². The van der Waals surface area contributed by atoms with Gasteiger partial charge in [-0.05, 0) is 24.7 Å². The summed E-state index contributed by atoms with van der Waals surface area (Å²) in [6.45, 7) is 0. The van der Waals surface area contributed by atoms with E-state index in [1.165, 1.54) is 25.7 Å². The molecule has 2 atom stereocenters. The second-order valence-electron chi connectivity index (χ2n) is 3.99. The zero-order valence-electron chi connectivity index (χ0n) is 7.25. The Morgan fingerprint density at radius 3 is 2.42 bits per heavy atom. The highest BCUT2D eigenvalue weighted by atomic mass is 16.1. The van der Waals surface area contributed by atoms with Crippen LogP contribution in [0.4, 0.5) is 0 Å². The molecule has 0 aromatic rings. The van der Waals surface area contributed by atoms with Gasteiger partial charge in [0.25, 0.3) is 0 Å². The van der Waals surface area contributed by atoms with Crippen LogP contribution in [-0.4, -0.2) is 5.78 Å². The van der Waals surface area contributed by atoms with Crippen molar-refractivity contribution in [1.82, 2.24) is 0 Å². The van der Waals surface area contributed by atoms with E-state index < -0.39 is 0 Å². The van der Waals surface area contributed by atoms with E-state index in [9.17, 15) is 4.79 Å². The third kappa shape index (κ3) is 1.16. The number of terminal acetylenes is 1. The number of carbonyl (C=O) groups excluding carboxylic acids is 1. The van der Waals surface area contributed by atoms with Crippen LogP contribution in [0.3, 0.4) is 0 Å². The predicted octanol–water partition coefficient (Wildman–Crippen LogP) is 2.02. The number of rotatable bonds is 2. The van der Waals surface area contributed by atoms with E-state index in [1.54, 1.807) is 0 Å². The third-order valence-electron chi connectivity index (χ3n) is 3.30. The first-order valence-electron chi connectivity index (χ1n) is 4.81. The molecule has 2 aliphatic carbocycles. The second-order valence-corrected chi connectivity index (χ2v) is 3.99. The summed E-state index contributed by atoms with van der Waals surface area (Å²) in [5.41, 5.74) is 0. The lowest BCUT2D eigenvalue weighted by atomic mass is 10.0. The van der Waals surface area contributed by atoms with Crippen molar-refractivity contribution in [3.8, 4) is 12.3 Å². The summed E-state index contributed by atoms with van der Waals surface area (Å²) in [6.07, 6.45) is 10.7. The predicted molar refractivity (Wildman–Crippen MR) is 47.4 cm³/mol. The highest BCUT2D eigenvalue weighted by Gasteiger charge is 2.53. The number of carbonyl (C=O) groups is 1. The van der Waals surface area contributed by atoms with E-state index in [4.69, 9.17) is 6.42 Å². The van der Waals surface area contributed by atoms with Gasteiger partial charge in [-0.1, -0.05) is 18.8 Å². The summed E-state index contributed by atoms with van der Waals surface area (Å²) in [6, 6.07) is 0. The van der Waals surface area contributed by atoms with Gasteiger partial charge in [-0.2, -0.15) is 0 Å². The van der Waals surface area contributed by atoms with Crippen molar-refractivity contribution in [1.29, 1.82) is 0 Å². The standard InChI is InChI=1S/C11H14O/c1-2-5-10(12)11-8-6-3-4-7-9(8)11/h1,8-9,11H,3-7H2. The van der Waals surface area contributed by atoms with Gasteiger partial charge in [0.2, 0.25) is 0 Å². The van der Waals surface area contributed by atoms with Crippen molar-refractivity contribution in [3.63, 3.8) is 0 Å². The zero-order valence-corrected chi connectivity index (χ0v) is 7.25. The van der Waals surface area contributed by atoms with Crippen molar-refractivity contribution in [2.24, 2.45) is 17.8 Å². The summed E-state index contributed by atoms with van der Waals surface area (Å²) in [4.78, 5) is 11.4. The van der Waals surface area contributed by atoms with Gasteiger partial charge in [0.05, 0.1) is 6.42 Å². The van der Waals surface area contributed by atoms with Crippen molar-refractivity contribution in [2.75, 3.05) is 0 Å². The molecule has 2 unspecified atom stereocenters. The summed E-state index contributed by atoms with van der Waals surface area (Å²) in [5, 5.41) is 0. The molecule has 0 spiro atoms. The van der Waals surface area contributed by atoms with Crippen molar-refractivity contribution in [3.05, 3.63) is 0 Å². The first-order valence-corrected chi connectivity index (χ1v) is 4.81. The highest BCUT2D eigenvalue weighted by Crippen LogP contribution is 2.55. The van der Waals surface area contributed by atoms with Crippen molar-refractivity contribution < 1.29 is 4.79 Å². The van der Waals surface area contributed by atoms with Gasteiger partial charge in [0, 0.05) is 5.92 Å². The molecule has 2 rings (SSSR count). The largest absolute Gasteiger partial charge is 0.298 e. The van der Waals surface area contributed by atoms with Crippen LogP contribution in [-0.2, 0) is 4.79 Å². The van der Waals surface area contributed by atoms with Gasteiger partial charge < -0.3 is 0 Å². The fraction of sp³-hybridized carbons (Fsp3) is 0.727. The molecule has 1 heteroatoms. The first-order chi connectivity index (χ1) is 5.84. The summed E-state index contributed by atoms with van der Waals surface area (Å²) < 4.78 is 0. The van der Waals surface area contributed by atoms with Gasteiger partial charge in [-0.3, -0.25) is 4.79 Å². The Hall–Kier alpha value is -0.770. The Labute approximate surface area is 73.5 Å². The average Bonchev–Trinajstić information content (AvgIpc) is 2.78. The fourth-order valence-electron chi connectivity index (χ4n) is 2.69. The minimum absolute atomic E-state index is 0.328. The van der Waals surface area contributed by atoms with Gasteiger partial charge in [0.15, 0.2) is 0 Å². The lowest BCUT2D eigenvalue weighted by Crippen LogP contribution is -2.01. The van der Waals surface area contributed by atoms with Crippen LogP contribution in [0.15, 0.2) is 0 Å². The van der Waals surface area contributed by atoms with Crippen LogP contribution in [0.5, 0.6) is 0 Å². The molecule has 12 heavy (non-hydrogen) atoms. The first kappa shape index (κ1) is 7.86. The van der Waals surface area contributed by atoms with Crippen LogP contribution in [0.2, 0.25) is 0 Å². The summed E-state index contributed by atoms with van der Waals surface area (Å²) in [7, 11) is 0. The Morgan fingerprint density at radius 2 is 1.92 bits per heavy atom. The Kier molecular flexibility index (Phi) is 1.92. The number of Topliss-reactive ketones (excluding diaryl/α,β-unsaturated/α-hetero) is 1. The van der Waals surface area contributed by atoms with E-state index in [-0.39, 0.29) is 0 Å². The fourth-order valence-corrected chi connectivity index (χ4v) is 2.69. The van der Waals surface area contributed by atoms with Gasteiger partial charge in [-0.25, -0.2) is 0 Å². The molecular weight excluding hydrogens is 148 g/mol. The molecule has 2 aliphatic rings. The van der Waals surface area contributed by atoms with E-state index >= 15 is 0 Å². The van der Waals surface area contributed by atoms with Gasteiger partial charge in [-0.15, -0.1) is 6.42 Å². The number of ketones is 1. The minimum Gasteiger partial charge on any atom is -0.298 e. The van der Waals surface area contributed by atoms with E-state index in [2.05, 4.69) is 5.92 Å². The van der Waals surface area contributed by atoms with Gasteiger partial charge in [0.1, 0.15) is 5.78 Å². The average molecular weight is 162 g/mol. The quantitative estimate of drug-likeness (QED) is 0.568. The molecule has 0 saturated heterocycles. The topological polar surface area (TPSA) is 17.1 Å². The van der Waals surface area contributed by atoms with Crippen LogP contribution < -0.4 is 0 Å². The highest BCUT2D eigenvalue weighted by molar-refractivity contribution is 5.86. The molecule has 64 valence electrons. The molecule has 0 aromatic carbocycles. The summed E-state index contributed by atoms with van der Waals surface area (Å²) in [5.74, 6) is 4.59. The number of fused-ring (bicyclic) bond motifs is 1. The maximum absolute atomic E-state index is 11.4. The molecule has 0 aromatic heterocycles. The molecule has 0 amide bonds. The minimum atomic E-state index is 0.328. The maximum atomic E-state index is 11.4. The SMILES string of the molecule is C#CCC(=O)C1C2CCCCC21. The van der Waals surface area contributed by atoms with Crippen LogP contribution in [0, 0.1) is 30.1 Å². The zero-order chi connectivity index (χ0) is 8.55. The molecule has 0 radical (unpaired) electrons. The lowest BCUT2D eigenvalue weighted by Gasteiger charge is -2.04. The Bertz CT molecular complexity index is 224. The molecule has 2 fully saturated rings. The third-order valence-corrected chi connectivity index (χ3v) is 3.30.